The van der Waals surface area contributed by atoms with Crippen molar-refractivity contribution in [1.82, 2.24) is 15.5 Å². The molecule has 3 amide bonds. The van der Waals surface area contributed by atoms with Gasteiger partial charge < -0.3 is 15.5 Å². The van der Waals surface area contributed by atoms with E-state index in [4.69, 9.17) is 0 Å². The van der Waals surface area contributed by atoms with Crippen LogP contribution in [0.5, 0.6) is 0 Å². The van der Waals surface area contributed by atoms with Crippen molar-refractivity contribution in [2.75, 3.05) is 13.6 Å². The van der Waals surface area contributed by atoms with Crippen LogP contribution in [0.4, 0.5) is 13.6 Å². The molecule has 1 aliphatic rings. The Hall–Kier alpha value is -2.18. The number of nitrogens with one attached hydrogen (secondary N) is 2. The van der Waals surface area contributed by atoms with Crippen LogP contribution in [0.3, 0.4) is 0 Å². The van der Waals surface area contributed by atoms with E-state index in [1.54, 1.807) is 0 Å². The molecule has 0 bridgehead atoms. The van der Waals surface area contributed by atoms with Gasteiger partial charge in [0.05, 0.1) is 6.04 Å². The second-order valence-corrected chi connectivity index (χ2v) is 6.30. The van der Waals surface area contributed by atoms with Crippen LogP contribution in [0.1, 0.15) is 38.3 Å². The Balaban J connectivity index is 2.18. The van der Waals surface area contributed by atoms with E-state index in [2.05, 4.69) is 10.6 Å². The van der Waals surface area contributed by atoms with Crippen molar-refractivity contribution < 1.29 is 18.4 Å². The number of amides is 3. The minimum Gasteiger partial charge on any atom is -0.357 e. The quantitative estimate of drug-likeness (QED) is 0.886. The maximum absolute atomic E-state index is 14.1. The van der Waals surface area contributed by atoms with E-state index in [0.717, 1.165) is 12.5 Å². The fourth-order valence-electron chi connectivity index (χ4n) is 3.02. The van der Waals surface area contributed by atoms with E-state index in [0.29, 0.717) is 13.0 Å². The fraction of sp³-hybridized carbons (Fsp3) is 0.529. The van der Waals surface area contributed by atoms with Crippen LogP contribution in [-0.4, -0.2) is 36.5 Å². The minimum atomic E-state index is -0.696. The van der Waals surface area contributed by atoms with Crippen LogP contribution >= 0.6 is 0 Å². The second-order valence-electron chi connectivity index (χ2n) is 6.30. The molecule has 24 heavy (non-hydrogen) atoms. The summed E-state index contributed by atoms with van der Waals surface area (Å²) in [4.78, 5) is 25.9. The molecular weight excluding hydrogens is 316 g/mol. The van der Waals surface area contributed by atoms with Gasteiger partial charge in [-0.15, -0.1) is 0 Å². The molecule has 7 heteroatoms. The van der Waals surface area contributed by atoms with Crippen LogP contribution < -0.4 is 10.6 Å². The summed E-state index contributed by atoms with van der Waals surface area (Å²) < 4.78 is 27.2. The van der Waals surface area contributed by atoms with E-state index >= 15 is 0 Å². The first-order chi connectivity index (χ1) is 11.3. The van der Waals surface area contributed by atoms with E-state index in [9.17, 15) is 18.4 Å². The van der Waals surface area contributed by atoms with Crippen molar-refractivity contribution in [2.24, 2.45) is 5.92 Å². The van der Waals surface area contributed by atoms with Gasteiger partial charge in [0.15, 0.2) is 0 Å². The normalized spacial score (nSPS) is 18.6. The predicted molar refractivity (Wildman–Crippen MR) is 86.3 cm³/mol. The van der Waals surface area contributed by atoms with Crippen LogP contribution in [0.15, 0.2) is 18.2 Å². The van der Waals surface area contributed by atoms with E-state index in [1.165, 1.54) is 24.1 Å². The first-order valence-corrected chi connectivity index (χ1v) is 8.08. The predicted octanol–water partition coefficient (Wildman–Crippen LogP) is 2.58. The monoisotopic (exact) mass is 339 g/mol. The maximum atomic E-state index is 14.1. The number of carbonyl (C=O) groups is 2. The Kier molecular flexibility index (Phi) is 5.75. The Morgan fingerprint density at radius 2 is 2.00 bits per heavy atom. The number of hydrogen-bond donors (Lipinski definition) is 2. The Labute approximate surface area is 140 Å². The molecule has 0 aromatic heterocycles. The Morgan fingerprint density at radius 1 is 1.29 bits per heavy atom. The molecular formula is C17H23F2N3O2. The number of rotatable bonds is 4. The minimum absolute atomic E-state index is 0.102. The molecule has 1 fully saturated rings. The SMILES string of the molecule is CNC(=O)[C@H]1CCCN1C(=O)N[C@H](c1ccc(F)cc1F)C(C)C. The molecule has 0 unspecified atom stereocenters. The summed E-state index contributed by atoms with van der Waals surface area (Å²) in [7, 11) is 1.53. The van der Waals surface area contributed by atoms with Gasteiger partial charge in [-0.05, 0) is 24.8 Å². The number of halogens is 2. The van der Waals surface area contributed by atoms with E-state index in [-0.39, 0.29) is 17.4 Å². The second kappa shape index (κ2) is 7.59. The van der Waals surface area contributed by atoms with Crippen molar-refractivity contribution in [3.05, 3.63) is 35.4 Å². The number of urea groups is 1. The molecule has 132 valence electrons. The van der Waals surface area contributed by atoms with Crippen molar-refractivity contribution in [3.8, 4) is 0 Å². The smallest absolute Gasteiger partial charge is 0.318 e. The van der Waals surface area contributed by atoms with Gasteiger partial charge in [-0.2, -0.15) is 0 Å². The molecule has 1 heterocycles. The molecule has 0 radical (unpaired) electrons. The van der Waals surface area contributed by atoms with Crippen LogP contribution in [0, 0.1) is 17.6 Å². The van der Waals surface area contributed by atoms with E-state index in [1.807, 2.05) is 13.8 Å². The summed E-state index contributed by atoms with van der Waals surface area (Å²) in [6.07, 6.45) is 1.34. The number of carbonyl (C=O) groups excluding carboxylic acids is 2. The molecule has 0 spiro atoms. The third-order valence-corrected chi connectivity index (χ3v) is 4.31. The molecule has 2 N–H and O–H groups in total. The van der Waals surface area contributed by atoms with Crippen molar-refractivity contribution in [3.63, 3.8) is 0 Å². The van der Waals surface area contributed by atoms with Crippen LogP contribution in [-0.2, 0) is 4.79 Å². The fourth-order valence-corrected chi connectivity index (χ4v) is 3.02. The highest BCUT2D eigenvalue weighted by atomic mass is 19.1. The van der Waals surface area contributed by atoms with Gasteiger partial charge in [0.25, 0.3) is 0 Å². The molecule has 0 aliphatic carbocycles. The van der Waals surface area contributed by atoms with Gasteiger partial charge >= 0.3 is 6.03 Å². The average molecular weight is 339 g/mol. The number of benzene rings is 1. The molecule has 2 atom stereocenters. The molecule has 1 aromatic carbocycles. The lowest BCUT2D eigenvalue weighted by molar-refractivity contribution is -0.124. The van der Waals surface area contributed by atoms with Crippen LogP contribution in [0.2, 0.25) is 0 Å². The van der Waals surface area contributed by atoms with Gasteiger partial charge in [0, 0.05) is 25.2 Å². The lowest BCUT2D eigenvalue weighted by Crippen LogP contribution is -2.50. The maximum Gasteiger partial charge on any atom is 0.318 e. The van der Waals surface area contributed by atoms with Crippen molar-refractivity contribution in [1.29, 1.82) is 0 Å². The van der Waals surface area contributed by atoms with Gasteiger partial charge in [-0.3, -0.25) is 4.79 Å². The summed E-state index contributed by atoms with van der Waals surface area (Å²) in [5, 5.41) is 5.34. The number of hydrogen-bond acceptors (Lipinski definition) is 2. The standard InChI is InChI=1S/C17H23F2N3O2/c1-10(2)15(12-7-6-11(18)9-13(12)19)21-17(24)22-8-4-5-14(22)16(23)20-3/h6-7,9-10,14-15H,4-5,8H2,1-3H3,(H,20,23)(H,21,24)/t14-,15+/m1/s1. The number of likely N-dealkylation sites (N-methyl/N-ethyl adjacent to an activating group) is 1. The summed E-state index contributed by atoms with van der Waals surface area (Å²) in [5.41, 5.74) is 0.232. The average Bonchev–Trinajstić information content (AvgIpc) is 3.01. The highest BCUT2D eigenvalue weighted by Gasteiger charge is 2.35. The number of nitrogens with zero attached hydrogens (tertiary/aromatic N) is 1. The highest BCUT2D eigenvalue weighted by Crippen LogP contribution is 2.26. The van der Waals surface area contributed by atoms with Gasteiger partial charge in [-0.25, -0.2) is 13.6 Å². The molecule has 1 aliphatic heterocycles. The largest absolute Gasteiger partial charge is 0.357 e. The number of likely N-dealkylation sites (tertiary alicyclic amines) is 1. The van der Waals surface area contributed by atoms with Gasteiger partial charge in [-0.1, -0.05) is 19.9 Å². The molecule has 0 saturated carbocycles. The van der Waals surface area contributed by atoms with Crippen molar-refractivity contribution >= 4 is 11.9 Å². The zero-order chi connectivity index (χ0) is 17.9. The molecule has 1 aromatic rings. The topological polar surface area (TPSA) is 61.4 Å². The third kappa shape index (κ3) is 3.83. The first kappa shape index (κ1) is 18.2. The Bertz CT molecular complexity index is 622. The Morgan fingerprint density at radius 3 is 2.58 bits per heavy atom. The molecule has 5 nitrogen and oxygen atoms in total. The molecule has 2 rings (SSSR count). The summed E-state index contributed by atoms with van der Waals surface area (Å²) in [6.45, 7) is 4.16. The lowest BCUT2D eigenvalue weighted by Gasteiger charge is -2.29. The highest BCUT2D eigenvalue weighted by molar-refractivity contribution is 5.87. The first-order valence-electron chi connectivity index (χ1n) is 8.08. The van der Waals surface area contributed by atoms with Crippen LogP contribution in [0.25, 0.3) is 0 Å². The zero-order valence-corrected chi connectivity index (χ0v) is 14.1. The third-order valence-electron chi connectivity index (χ3n) is 4.31. The summed E-state index contributed by atoms with van der Waals surface area (Å²) in [6, 6.07) is 1.78. The van der Waals surface area contributed by atoms with Crippen molar-refractivity contribution in [2.45, 2.75) is 38.8 Å². The van der Waals surface area contributed by atoms with Gasteiger partial charge in [0.2, 0.25) is 5.91 Å². The van der Waals surface area contributed by atoms with E-state index < -0.39 is 29.7 Å². The van der Waals surface area contributed by atoms with Gasteiger partial charge in [0.1, 0.15) is 17.7 Å². The molecule has 1 saturated heterocycles. The lowest BCUT2D eigenvalue weighted by atomic mass is 9.95. The summed E-state index contributed by atoms with van der Waals surface area (Å²) >= 11 is 0. The zero-order valence-electron chi connectivity index (χ0n) is 14.1. The summed E-state index contributed by atoms with van der Waals surface area (Å²) in [5.74, 6) is -1.67.